The molecule has 0 aliphatic heterocycles. The summed E-state index contributed by atoms with van der Waals surface area (Å²) >= 11 is 0. The fourth-order valence-electron chi connectivity index (χ4n) is 2.04. The van der Waals surface area contributed by atoms with Crippen LogP contribution in [-0.2, 0) is 0 Å². The minimum atomic E-state index is 0.719. The third kappa shape index (κ3) is 1.99. The monoisotopic (exact) mass is 243 g/mol. The highest BCUT2D eigenvalue weighted by molar-refractivity contribution is 5.79. The number of benzene rings is 2. The maximum atomic E-state index is 5.95. The van der Waals surface area contributed by atoms with Crippen molar-refractivity contribution in [3.8, 4) is 22.6 Å². The zero-order valence-corrected chi connectivity index (χ0v) is 10.9. The molecule has 0 aliphatic carbocycles. The van der Waals surface area contributed by atoms with Crippen molar-refractivity contribution >= 4 is 5.69 Å². The summed E-state index contributed by atoms with van der Waals surface area (Å²) < 4.78 is 10.8. The first-order valence-corrected chi connectivity index (χ1v) is 5.75. The molecule has 0 spiro atoms. The molecule has 3 nitrogen and oxygen atoms in total. The lowest BCUT2D eigenvalue weighted by Gasteiger charge is -2.15. The minimum Gasteiger partial charge on any atom is -0.493 e. The quantitative estimate of drug-likeness (QED) is 0.841. The number of hydrogen-bond donors (Lipinski definition) is 1. The van der Waals surface area contributed by atoms with Crippen molar-refractivity contribution in [2.45, 2.75) is 6.92 Å². The Morgan fingerprint density at radius 1 is 0.889 bits per heavy atom. The molecule has 0 aliphatic rings. The summed E-state index contributed by atoms with van der Waals surface area (Å²) in [4.78, 5) is 0. The van der Waals surface area contributed by atoms with Crippen LogP contribution in [0.15, 0.2) is 36.4 Å². The highest BCUT2D eigenvalue weighted by atomic mass is 16.5. The van der Waals surface area contributed by atoms with E-state index in [1.165, 1.54) is 0 Å². The van der Waals surface area contributed by atoms with Crippen LogP contribution in [0.4, 0.5) is 5.69 Å². The van der Waals surface area contributed by atoms with E-state index >= 15 is 0 Å². The molecular weight excluding hydrogens is 226 g/mol. The van der Waals surface area contributed by atoms with Gasteiger partial charge in [0.05, 0.1) is 14.2 Å². The average Bonchev–Trinajstić information content (AvgIpc) is 2.41. The first kappa shape index (κ1) is 12.3. The Hall–Kier alpha value is -2.16. The number of nitrogens with two attached hydrogens (primary N) is 1. The van der Waals surface area contributed by atoms with Crippen molar-refractivity contribution in [1.29, 1.82) is 0 Å². The van der Waals surface area contributed by atoms with Crippen molar-refractivity contribution in [2.24, 2.45) is 0 Å². The standard InChI is InChI=1S/C15H17NO2/c1-10-11(6-4-8-13(10)16)12-7-5-9-14(17-2)15(12)18-3/h4-9H,16H2,1-3H3. The Morgan fingerprint density at radius 2 is 1.56 bits per heavy atom. The Morgan fingerprint density at radius 3 is 2.22 bits per heavy atom. The molecule has 0 amide bonds. The average molecular weight is 243 g/mol. The normalized spacial score (nSPS) is 10.2. The topological polar surface area (TPSA) is 44.5 Å². The minimum absolute atomic E-state index is 0.719. The van der Waals surface area contributed by atoms with Gasteiger partial charge in [0.2, 0.25) is 0 Å². The molecule has 2 aromatic carbocycles. The van der Waals surface area contributed by atoms with Crippen LogP contribution in [-0.4, -0.2) is 14.2 Å². The van der Waals surface area contributed by atoms with Crippen LogP contribution in [0.25, 0.3) is 11.1 Å². The molecule has 0 saturated heterocycles. The summed E-state index contributed by atoms with van der Waals surface area (Å²) in [5.41, 5.74) is 9.82. The van der Waals surface area contributed by atoms with Gasteiger partial charge in [-0.05, 0) is 30.2 Å². The van der Waals surface area contributed by atoms with Crippen molar-refractivity contribution in [1.82, 2.24) is 0 Å². The van der Waals surface area contributed by atoms with Gasteiger partial charge in [0, 0.05) is 11.3 Å². The van der Waals surface area contributed by atoms with Crippen molar-refractivity contribution in [2.75, 3.05) is 20.0 Å². The van der Waals surface area contributed by atoms with Crippen molar-refractivity contribution in [3.63, 3.8) is 0 Å². The van der Waals surface area contributed by atoms with Gasteiger partial charge in [0.25, 0.3) is 0 Å². The predicted molar refractivity (Wildman–Crippen MR) is 74.1 cm³/mol. The van der Waals surface area contributed by atoms with Crippen molar-refractivity contribution < 1.29 is 9.47 Å². The van der Waals surface area contributed by atoms with E-state index in [0.29, 0.717) is 0 Å². The zero-order chi connectivity index (χ0) is 13.1. The van der Waals surface area contributed by atoms with Crippen LogP contribution >= 0.6 is 0 Å². The van der Waals surface area contributed by atoms with Gasteiger partial charge in [0.1, 0.15) is 0 Å². The van der Waals surface area contributed by atoms with E-state index in [2.05, 4.69) is 0 Å². The predicted octanol–water partition coefficient (Wildman–Crippen LogP) is 3.26. The molecular formula is C15H17NO2. The van der Waals surface area contributed by atoms with E-state index < -0.39 is 0 Å². The van der Waals surface area contributed by atoms with Crippen LogP contribution < -0.4 is 15.2 Å². The van der Waals surface area contributed by atoms with Gasteiger partial charge in [-0.15, -0.1) is 0 Å². The van der Waals surface area contributed by atoms with Gasteiger partial charge in [-0.3, -0.25) is 0 Å². The van der Waals surface area contributed by atoms with E-state index in [1.54, 1.807) is 14.2 Å². The number of hydrogen-bond acceptors (Lipinski definition) is 3. The molecule has 0 aromatic heterocycles. The van der Waals surface area contributed by atoms with Crippen molar-refractivity contribution in [3.05, 3.63) is 42.0 Å². The molecule has 18 heavy (non-hydrogen) atoms. The number of nitrogen functional groups attached to an aromatic ring is 1. The molecule has 0 radical (unpaired) electrons. The second-order valence-electron chi connectivity index (χ2n) is 4.06. The van der Waals surface area contributed by atoms with Crippen LogP contribution in [0.3, 0.4) is 0 Å². The third-order valence-corrected chi connectivity index (χ3v) is 3.07. The smallest absolute Gasteiger partial charge is 0.168 e. The van der Waals surface area contributed by atoms with Gasteiger partial charge in [-0.25, -0.2) is 0 Å². The van der Waals surface area contributed by atoms with Crippen LogP contribution in [0, 0.1) is 6.92 Å². The van der Waals surface area contributed by atoms with Gasteiger partial charge in [-0.2, -0.15) is 0 Å². The Kier molecular flexibility index (Phi) is 3.42. The number of methoxy groups -OCH3 is 2. The third-order valence-electron chi connectivity index (χ3n) is 3.07. The maximum absolute atomic E-state index is 5.95. The molecule has 0 atom stereocenters. The lowest BCUT2D eigenvalue weighted by atomic mass is 9.98. The van der Waals surface area contributed by atoms with E-state index in [0.717, 1.165) is 33.9 Å². The van der Waals surface area contributed by atoms with Crippen LogP contribution in [0.1, 0.15) is 5.56 Å². The molecule has 2 aromatic rings. The highest BCUT2D eigenvalue weighted by Gasteiger charge is 2.13. The molecule has 0 heterocycles. The summed E-state index contributed by atoms with van der Waals surface area (Å²) in [6, 6.07) is 11.7. The molecule has 94 valence electrons. The summed E-state index contributed by atoms with van der Waals surface area (Å²) in [6.07, 6.45) is 0. The second-order valence-corrected chi connectivity index (χ2v) is 4.06. The fraction of sp³-hybridized carbons (Fsp3) is 0.200. The SMILES string of the molecule is COc1cccc(-c2cccc(N)c2C)c1OC. The van der Waals surface area contributed by atoms with Gasteiger partial charge in [0.15, 0.2) is 11.5 Å². The van der Waals surface area contributed by atoms with E-state index in [-0.39, 0.29) is 0 Å². The van der Waals surface area contributed by atoms with E-state index in [1.807, 2.05) is 43.3 Å². The summed E-state index contributed by atoms with van der Waals surface area (Å²) in [7, 11) is 3.27. The van der Waals surface area contributed by atoms with Gasteiger partial charge >= 0.3 is 0 Å². The first-order chi connectivity index (χ1) is 8.69. The summed E-state index contributed by atoms with van der Waals surface area (Å²) in [6.45, 7) is 2.00. The summed E-state index contributed by atoms with van der Waals surface area (Å²) in [5, 5.41) is 0. The largest absolute Gasteiger partial charge is 0.493 e. The molecule has 0 saturated carbocycles. The van der Waals surface area contributed by atoms with Crippen LogP contribution in [0.2, 0.25) is 0 Å². The lowest BCUT2D eigenvalue weighted by Crippen LogP contribution is -1.96. The second kappa shape index (κ2) is 5.00. The number of ether oxygens (including phenoxy) is 2. The Bertz CT molecular complexity index is 564. The molecule has 2 N–H and O–H groups in total. The zero-order valence-electron chi connectivity index (χ0n) is 10.9. The Balaban J connectivity index is 2.67. The van der Waals surface area contributed by atoms with Gasteiger partial charge < -0.3 is 15.2 Å². The number of rotatable bonds is 3. The number of para-hydroxylation sites is 1. The first-order valence-electron chi connectivity index (χ1n) is 5.75. The fourth-order valence-corrected chi connectivity index (χ4v) is 2.04. The van der Waals surface area contributed by atoms with Crippen LogP contribution in [0.5, 0.6) is 11.5 Å². The lowest BCUT2D eigenvalue weighted by molar-refractivity contribution is 0.356. The Labute approximate surface area is 107 Å². The van der Waals surface area contributed by atoms with Gasteiger partial charge in [-0.1, -0.05) is 24.3 Å². The summed E-state index contributed by atoms with van der Waals surface area (Å²) in [5.74, 6) is 1.45. The van der Waals surface area contributed by atoms with E-state index in [4.69, 9.17) is 15.2 Å². The molecule has 0 fully saturated rings. The molecule has 2 rings (SSSR count). The molecule has 0 unspecified atom stereocenters. The van der Waals surface area contributed by atoms with E-state index in [9.17, 15) is 0 Å². The maximum Gasteiger partial charge on any atom is 0.168 e. The number of anilines is 1. The molecule has 0 bridgehead atoms. The highest BCUT2D eigenvalue weighted by Crippen LogP contribution is 2.39. The molecule has 3 heteroatoms.